The molecule has 1 N–H and O–H groups in total. The maximum atomic E-state index is 12.4. The molecule has 0 aromatic carbocycles. The number of piperazine rings is 1. The van der Waals surface area contributed by atoms with Gasteiger partial charge in [0.25, 0.3) is 0 Å². The minimum absolute atomic E-state index is 0.0165. The van der Waals surface area contributed by atoms with Gasteiger partial charge >= 0.3 is 0 Å². The molecule has 1 atom stereocenters. The smallest absolute Gasteiger partial charge is 0.222 e. The fourth-order valence-electron chi connectivity index (χ4n) is 4.08. The average molecular weight is 416 g/mol. The minimum atomic E-state index is -0.369. The number of rotatable bonds is 3. The van der Waals surface area contributed by atoms with Gasteiger partial charge in [-0.3, -0.25) is 9.79 Å². The second-order valence-electron chi connectivity index (χ2n) is 7.91. The molecule has 29 heavy (non-hydrogen) atoms. The van der Waals surface area contributed by atoms with E-state index in [1.807, 2.05) is 13.8 Å². The van der Waals surface area contributed by atoms with Crippen molar-refractivity contribution >= 4 is 23.1 Å². The van der Waals surface area contributed by atoms with Crippen LogP contribution in [0.5, 0.6) is 0 Å². The number of nitrogens with zero attached hydrogens (tertiary/aromatic N) is 4. The fourth-order valence-corrected chi connectivity index (χ4v) is 5.33. The van der Waals surface area contributed by atoms with Crippen molar-refractivity contribution in [1.82, 2.24) is 20.3 Å². The van der Waals surface area contributed by atoms with E-state index in [9.17, 15) is 4.79 Å². The number of carbonyl (C=O) groups excluding carboxylic acids is 1. The second kappa shape index (κ2) is 7.91. The number of carbonyl (C=O) groups is 1. The molecule has 2 aromatic rings. The number of hydrogen-bond acceptors (Lipinski definition) is 7. The van der Waals surface area contributed by atoms with Crippen molar-refractivity contribution in [2.45, 2.75) is 40.2 Å². The molecule has 1 saturated heterocycles. The molecule has 4 rings (SSSR count). The van der Waals surface area contributed by atoms with Crippen molar-refractivity contribution < 1.29 is 9.32 Å². The summed E-state index contributed by atoms with van der Waals surface area (Å²) in [6, 6.07) is -0.369. The first-order chi connectivity index (χ1) is 13.9. The van der Waals surface area contributed by atoms with Crippen LogP contribution in [0, 0.1) is 20.8 Å². The highest BCUT2D eigenvalue weighted by atomic mass is 32.1. The molecule has 1 amide bonds. The van der Waals surface area contributed by atoms with Gasteiger partial charge in [-0.25, -0.2) is 0 Å². The molecule has 1 fully saturated rings. The number of amides is 1. The van der Waals surface area contributed by atoms with Crippen molar-refractivity contribution in [3.05, 3.63) is 27.5 Å². The van der Waals surface area contributed by atoms with E-state index in [4.69, 9.17) is 9.52 Å². The Morgan fingerprint density at radius 1 is 1.21 bits per heavy atom. The third-order valence-corrected chi connectivity index (χ3v) is 7.09. The van der Waals surface area contributed by atoms with Gasteiger partial charge in [0.1, 0.15) is 11.9 Å². The van der Waals surface area contributed by atoms with Gasteiger partial charge in [0, 0.05) is 43.2 Å². The number of aryl methyl sites for hydroxylation is 2. The third kappa shape index (κ3) is 3.59. The Kier molecular flexibility index (Phi) is 5.48. The van der Waals surface area contributed by atoms with Gasteiger partial charge in [0.05, 0.1) is 22.6 Å². The van der Waals surface area contributed by atoms with Gasteiger partial charge < -0.3 is 19.6 Å². The van der Waals surface area contributed by atoms with E-state index in [2.05, 4.69) is 41.2 Å². The Morgan fingerprint density at radius 3 is 2.62 bits per heavy atom. The third-order valence-electron chi connectivity index (χ3n) is 5.86. The normalized spacial score (nSPS) is 19.4. The number of likely N-dealkylation sites (N-methyl/N-ethyl adjacent to an activating group) is 1. The summed E-state index contributed by atoms with van der Waals surface area (Å²) in [6.45, 7) is 12.7. The zero-order valence-electron chi connectivity index (χ0n) is 17.8. The predicted molar refractivity (Wildman–Crippen MR) is 116 cm³/mol. The predicted octanol–water partition coefficient (Wildman–Crippen LogP) is 2.90. The van der Waals surface area contributed by atoms with Crippen LogP contribution >= 0.6 is 11.3 Å². The van der Waals surface area contributed by atoms with Crippen LogP contribution in [0.4, 0.5) is 0 Å². The maximum absolute atomic E-state index is 12.4. The maximum Gasteiger partial charge on any atom is 0.222 e. The molecule has 1 unspecified atom stereocenters. The van der Waals surface area contributed by atoms with Gasteiger partial charge in [-0.05, 0) is 40.3 Å². The average Bonchev–Trinajstić information content (AvgIpc) is 3.15. The second-order valence-corrected chi connectivity index (χ2v) is 9.14. The highest BCUT2D eigenvalue weighted by Gasteiger charge is 2.35. The van der Waals surface area contributed by atoms with Crippen molar-refractivity contribution in [3.8, 4) is 10.4 Å². The van der Waals surface area contributed by atoms with Gasteiger partial charge in [-0.2, -0.15) is 0 Å². The molecule has 2 aliphatic heterocycles. The van der Waals surface area contributed by atoms with Gasteiger partial charge in [0.2, 0.25) is 5.91 Å². The van der Waals surface area contributed by atoms with Crippen molar-refractivity contribution in [1.29, 1.82) is 0 Å². The molecular formula is C21H29N5O2S. The number of thiophene rings is 1. The molecule has 7 nitrogen and oxygen atoms in total. The topological polar surface area (TPSA) is 74.0 Å². The van der Waals surface area contributed by atoms with E-state index in [1.54, 1.807) is 11.3 Å². The molecule has 2 aliphatic rings. The lowest BCUT2D eigenvalue weighted by molar-refractivity contribution is -0.121. The summed E-state index contributed by atoms with van der Waals surface area (Å²) < 4.78 is 5.76. The van der Waals surface area contributed by atoms with Crippen LogP contribution in [-0.4, -0.2) is 66.5 Å². The highest BCUT2D eigenvalue weighted by molar-refractivity contribution is 7.16. The molecule has 2 aromatic heterocycles. The van der Waals surface area contributed by atoms with E-state index >= 15 is 0 Å². The SMILES string of the molecule is CCNC(=O)CC1N=C(N2CCN(C)CC2)c2c(sc(C)c2C)-c2c(C)noc21. The van der Waals surface area contributed by atoms with Crippen molar-refractivity contribution in [2.75, 3.05) is 39.8 Å². The van der Waals surface area contributed by atoms with Crippen LogP contribution in [0.15, 0.2) is 9.52 Å². The number of amidine groups is 1. The summed E-state index contributed by atoms with van der Waals surface area (Å²) in [5, 5.41) is 7.14. The Labute approximate surface area is 175 Å². The van der Waals surface area contributed by atoms with Crippen LogP contribution in [0.25, 0.3) is 10.4 Å². The van der Waals surface area contributed by atoms with Gasteiger partial charge in [-0.15, -0.1) is 11.3 Å². The Balaban J connectivity index is 1.86. The molecule has 0 bridgehead atoms. The monoisotopic (exact) mass is 415 g/mol. The number of fused-ring (bicyclic) bond motifs is 3. The zero-order valence-corrected chi connectivity index (χ0v) is 18.7. The standard InChI is InChI=1S/C21H29N5O2S/c1-6-22-16(27)11-15-19-18(13(3)24-28-19)20-17(12(2)14(4)29-20)21(23-15)26-9-7-25(5)8-10-26/h15H,6-11H2,1-5H3,(H,22,27). The summed E-state index contributed by atoms with van der Waals surface area (Å²) in [4.78, 5) is 24.8. The van der Waals surface area contributed by atoms with E-state index in [0.29, 0.717) is 12.3 Å². The zero-order chi connectivity index (χ0) is 20.7. The molecule has 0 spiro atoms. The van der Waals surface area contributed by atoms with Crippen LogP contribution in [0.1, 0.15) is 46.8 Å². The first-order valence-corrected chi connectivity index (χ1v) is 11.1. The Morgan fingerprint density at radius 2 is 1.93 bits per heavy atom. The molecule has 0 radical (unpaired) electrons. The lowest BCUT2D eigenvalue weighted by Gasteiger charge is -2.35. The summed E-state index contributed by atoms with van der Waals surface area (Å²) >= 11 is 1.77. The Bertz CT molecular complexity index is 953. The molecule has 0 aliphatic carbocycles. The van der Waals surface area contributed by atoms with E-state index < -0.39 is 0 Å². The molecule has 4 heterocycles. The van der Waals surface area contributed by atoms with E-state index in [1.165, 1.54) is 20.9 Å². The largest absolute Gasteiger partial charge is 0.358 e. The lowest BCUT2D eigenvalue weighted by atomic mass is 10.0. The molecule has 0 saturated carbocycles. The van der Waals surface area contributed by atoms with Crippen LogP contribution in [-0.2, 0) is 4.79 Å². The quantitative estimate of drug-likeness (QED) is 0.834. The fraction of sp³-hybridized carbons (Fsp3) is 0.571. The van der Waals surface area contributed by atoms with Crippen LogP contribution < -0.4 is 5.32 Å². The first kappa shape index (κ1) is 20.1. The first-order valence-electron chi connectivity index (χ1n) is 10.3. The van der Waals surface area contributed by atoms with Crippen molar-refractivity contribution in [2.24, 2.45) is 4.99 Å². The minimum Gasteiger partial charge on any atom is -0.358 e. The van der Waals surface area contributed by atoms with E-state index in [0.717, 1.165) is 43.3 Å². The summed E-state index contributed by atoms with van der Waals surface area (Å²) in [6.07, 6.45) is 0.264. The van der Waals surface area contributed by atoms with Crippen LogP contribution in [0.3, 0.4) is 0 Å². The summed E-state index contributed by atoms with van der Waals surface area (Å²) in [7, 11) is 2.15. The molecule has 8 heteroatoms. The summed E-state index contributed by atoms with van der Waals surface area (Å²) in [5.74, 6) is 1.69. The number of hydrogen-bond donors (Lipinski definition) is 1. The van der Waals surface area contributed by atoms with Gasteiger partial charge in [-0.1, -0.05) is 5.16 Å². The number of aromatic nitrogens is 1. The van der Waals surface area contributed by atoms with Crippen LogP contribution in [0.2, 0.25) is 0 Å². The molecule has 156 valence electrons. The van der Waals surface area contributed by atoms with E-state index in [-0.39, 0.29) is 18.4 Å². The number of nitrogens with one attached hydrogen (secondary N) is 1. The lowest BCUT2D eigenvalue weighted by Crippen LogP contribution is -2.47. The molecular weight excluding hydrogens is 386 g/mol. The van der Waals surface area contributed by atoms with Crippen molar-refractivity contribution in [3.63, 3.8) is 0 Å². The Hall–Kier alpha value is -2.19. The summed E-state index contributed by atoms with van der Waals surface area (Å²) in [5.41, 5.74) is 4.32. The van der Waals surface area contributed by atoms with Gasteiger partial charge in [0.15, 0.2) is 5.76 Å². The number of aliphatic imine (C=N–C) groups is 1. The highest BCUT2D eigenvalue weighted by Crippen LogP contribution is 2.45.